The number of ether oxygens (including phenoxy) is 1. The second-order valence-electron chi connectivity index (χ2n) is 6.94. The normalized spacial score (nSPS) is 11.3. The van der Waals surface area contributed by atoms with E-state index in [0.717, 1.165) is 16.8 Å². The van der Waals surface area contributed by atoms with Gasteiger partial charge in [0.25, 0.3) is 5.91 Å². The zero-order chi connectivity index (χ0) is 21.5. The molecule has 3 aromatic rings. The standard InChI is InChI=1S/C24H25N3O3/c1-16-9-14-22(30-3)21(15-16)27-24(29)23(18-7-5-4-6-8-18)26-20-12-10-19(11-13-20)25-17(2)28/h4-15,23,26H,1-3H3,(H,25,28)(H,27,29)/t23-/m0/s1. The molecule has 0 heterocycles. The first-order chi connectivity index (χ1) is 14.5. The number of aryl methyl sites for hydroxylation is 1. The summed E-state index contributed by atoms with van der Waals surface area (Å²) in [6, 6.07) is 21.7. The molecule has 154 valence electrons. The van der Waals surface area contributed by atoms with E-state index in [1.807, 2.05) is 67.6 Å². The highest BCUT2D eigenvalue weighted by Crippen LogP contribution is 2.28. The van der Waals surface area contributed by atoms with Gasteiger partial charge in [-0.2, -0.15) is 0 Å². The van der Waals surface area contributed by atoms with Gasteiger partial charge in [-0.1, -0.05) is 36.4 Å². The van der Waals surface area contributed by atoms with Crippen LogP contribution < -0.4 is 20.7 Å². The summed E-state index contributed by atoms with van der Waals surface area (Å²) in [6.07, 6.45) is 0. The first-order valence-electron chi connectivity index (χ1n) is 9.61. The summed E-state index contributed by atoms with van der Waals surface area (Å²) >= 11 is 0. The van der Waals surface area contributed by atoms with E-state index in [0.29, 0.717) is 17.1 Å². The number of carbonyl (C=O) groups is 2. The molecule has 6 heteroatoms. The smallest absolute Gasteiger partial charge is 0.251 e. The van der Waals surface area contributed by atoms with Gasteiger partial charge in [0.05, 0.1) is 12.8 Å². The lowest BCUT2D eigenvalue weighted by Gasteiger charge is -2.21. The van der Waals surface area contributed by atoms with Crippen LogP contribution in [0.25, 0.3) is 0 Å². The van der Waals surface area contributed by atoms with Gasteiger partial charge in [0, 0.05) is 18.3 Å². The minimum Gasteiger partial charge on any atom is -0.495 e. The number of hydrogen-bond acceptors (Lipinski definition) is 4. The van der Waals surface area contributed by atoms with Gasteiger partial charge in [0.15, 0.2) is 0 Å². The number of anilines is 3. The van der Waals surface area contributed by atoms with E-state index in [-0.39, 0.29) is 11.8 Å². The minimum atomic E-state index is -0.622. The minimum absolute atomic E-state index is 0.135. The van der Waals surface area contributed by atoms with Crippen LogP contribution in [0.1, 0.15) is 24.1 Å². The highest BCUT2D eigenvalue weighted by atomic mass is 16.5. The van der Waals surface area contributed by atoms with Crippen LogP contribution >= 0.6 is 0 Å². The first-order valence-corrected chi connectivity index (χ1v) is 9.61. The molecule has 0 unspecified atom stereocenters. The Morgan fingerprint density at radius 1 is 0.867 bits per heavy atom. The molecule has 0 saturated heterocycles. The van der Waals surface area contributed by atoms with Crippen LogP contribution in [0, 0.1) is 6.92 Å². The molecule has 0 bridgehead atoms. The Hall–Kier alpha value is -3.80. The number of carbonyl (C=O) groups excluding carboxylic acids is 2. The summed E-state index contributed by atoms with van der Waals surface area (Å²) in [5.74, 6) is 0.251. The van der Waals surface area contributed by atoms with E-state index in [1.165, 1.54) is 6.92 Å². The van der Waals surface area contributed by atoms with Crippen LogP contribution in [0.2, 0.25) is 0 Å². The fraction of sp³-hybridized carbons (Fsp3) is 0.167. The predicted molar refractivity (Wildman–Crippen MR) is 120 cm³/mol. The van der Waals surface area contributed by atoms with E-state index in [2.05, 4.69) is 16.0 Å². The molecule has 1 atom stereocenters. The third-order valence-electron chi connectivity index (χ3n) is 4.52. The van der Waals surface area contributed by atoms with Crippen molar-refractivity contribution in [1.82, 2.24) is 0 Å². The molecule has 0 aliphatic rings. The summed E-state index contributed by atoms with van der Waals surface area (Å²) in [5.41, 5.74) is 3.91. The highest BCUT2D eigenvalue weighted by Gasteiger charge is 2.22. The fourth-order valence-corrected chi connectivity index (χ4v) is 3.09. The van der Waals surface area contributed by atoms with Gasteiger partial charge >= 0.3 is 0 Å². The van der Waals surface area contributed by atoms with Gasteiger partial charge in [-0.3, -0.25) is 9.59 Å². The van der Waals surface area contributed by atoms with Crippen molar-refractivity contribution in [2.45, 2.75) is 19.9 Å². The molecule has 0 saturated carbocycles. The number of methoxy groups -OCH3 is 1. The van der Waals surface area contributed by atoms with Crippen LogP contribution in [0.15, 0.2) is 72.8 Å². The van der Waals surface area contributed by atoms with Crippen molar-refractivity contribution in [3.63, 3.8) is 0 Å². The van der Waals surface area contributed by atoms with Crippen LogP contribution in [0.5, 0.6) is 5.75 Å². The van der Waals surface area contributed by atoms with Crippen molar-refractivity contribution in [3.05, 3.63) is 83.9 Å². The predicted octanol–water partition coefficient (Wildman–Crippen LogP) is 4.75. The number of rotatable bonds is 7. The van der Waals surface area contributed by atoms with E-state index < -0.39 is 6.04 Å². The molecule has 3 aromatic carbocycles. The lowest BCUT2D eigenvalue weighted by molar-refractivity contribution is -0.117. The average Bonchev–Trinajstić information content (AvgIpc) is 2.73. The van der Waals surface area contributed by atoms with Crippen LogP contribution in [0.4, 0.5) is 17.1 Å². The van der Waals surface area contributed by atoms with Gasteiger partial charge in [-0.25, -0.2) is 0 Å². The van der Waals surface area contributed by atoms with Crippen LogP contribution in [0.3, 0.4) is 0 Å². The Kier molecular flexibility index (Phi) is 6.70. The van der Waals surface area contributed by atoms with Crippen LogP contribution in [-0.4, -0.2) is 18.9 Å². The van der Waals surface area contributed by atoms with Gasteiger partial charge in [0.2, 0.25) is 5.91 Å². The van der Waals surface area contributed by atoms with Crippen molar-refractivity contribution in [1.29, 1.82) is 0 Å². The van der Waals surface area contributed by atoms with Gasteiger partial charge in [0.1, 0.15) is 11.8 Å². The summed E-state index contributed by atoms with van der Waals surface area (Å²) in [6.45, 7) is 3.42. The maximum absolute atomic E-state index is 13.2. The Morgan fingerprint density at radius 2 is 1.53 bits per heavy atom. The molecule has 0 fully saturated rings. The third-order valence-corrected chi connectivity index (χ3v) is 4.52. The van der Waals surface area contributed by atoms with E-state index in [9.17, 15) is 9.59 Å². The molecule has 0 spiro atoms. The highest BCUT2D eigenvalue weighted by molar-refractivity contribution is 5.98. The van der Waals surface area contributed by atoms with Crippen molar-refractivity contribution in [3.8, 4) is 5.75 Å². The molecule has 3 N–H and O–H groups in total. The second-order valence-corrected chi connectivity index (χ2v) is 6.94. The SMILES string of the molecule is COc1ccc(C)cc1NC(=O)[C@@H](Nc1ccc(NC(C)=O)cc1)c1ccccc1. The molecular weight excluding hydrogens is 378 g/mol. The quantitative estimate of drug-likeness (QED) is 0.532. The molecule has 30 heavy (non-hydrogen) atoms. The van der Waals surface area contributed by atoms with E-state index in [1.54, 1.807) is 19.2 Å². The van der Waals surface area contributed by atoms with E-state index in [4.69, 9.17) is 4.74 Å². The molecule has 0 radical (unpaired) electrons. The average molecular weight is 403 g/mol. The molecule has 6 nitrogen and oxygen atoms in total. The lowest BCUT2D eigenvalue weighted by atomic mass is 10.1. The first kappa shape index (κ1) is 20.9. The zero-order valence-corrected chi connectivity index (χ0v) is 17.2. The molecule has 2 amide bonds. The molecule has 0 aliphatic heterocycles. The number of benzene rings is 3. The van der Waals surface area contributed by atoms with Gasteiger partial charge < -0.3 is 20.7 Å². The molecule has 3 rings (SSSR count). The largest absolute Gasteiger partial charge is 0.495 e. The van der Waals surface area contributed by atoms with Crippen molar-refractivity contribution >= 4 is 28.9 Å². The Bertz CT molecular complexity index is 1020. The zero-order valence-electron chi connectivity index (χ0n) is 17.2. The topological polar surface area (TPSA) is 79.5 Å². The number of nitrogens with one attached hydrogen (secondary N) is 3. The maximum atomic E-state index is 13.2. The van der Waals surface area contributed by atoms with Crippen molar-refractivity contribution < 1.29 is 14.3 Å². The van der Waals surface area contributed by atoms with Gasteiger partial charge in [-0.15, -0.1) is 0 Å². The van der Waals surface area contributed by atoms with Crippen LogP contribution in [-0.2, 0) is 9.59 Å². The molecule has 0 aromatic heterocycles. The van der Waals surface area contributed by atoms with Gasteiger partial charge in [-0.05, 0) is 54.4 Å². The number of hydrogen-bond donors (Lipinski definition) is 3. The summed E-state index contributed by atoms with van der Waals surface area (Å²) in [5, 5.41) is 8.99. The molecular formula is C24H25N3O3. The Morgan fingerprint density at radius 3 is 2.17 bits per heavy atom. The van der Waals surface area contributed by atoms with Crippen molar-refractivity contribution in [2.75, 3.05) is 23.1 Å². The molecule has 0 aliphatic carbocycles. The van der Waals surface area contributed by atoms with E-state index >= 15 is 0 Å². The summed E-state index contributed by atoms with van der Waals surface area (Å²) in [4.78, 5) is 24.4. The number of amides is 2. The third kappa shape index (κ3) is 5.38. The summed E-state index contributed by atoms with van der Waals surface area (Å²) in [7, 11) is 1.57. The monoisotopic (exact) mass is 403 g/mol. The fourth-order valence-electron chi connectivity index (χ4n) is 3.09. The lowest BCUT2D eigenvalue weighted by Crippen LogP contribution is -2.27. The Balaban J connectivity index is 1.85. The van der Waals surface area contributed by atoms with Crippen molar-refractivity contribution in [2.24, 2.45) is 0 Å². The summed E-state index contributed by atoms with van der Waals surface area (Å²) < 4.78 is 5.38. The Labute approximate surface area is 176 Å². The maximum Gasteiger partial charge on any atom is 0.251 e. The second kappa shape index (κ2) is 9.60.